The lowest BCUT2D eigenvalue weighted by Gasteiger charge is -2.30. The molecule has 0 saturated heterocycles. The standard InChI is InChI=1S/C19H20O5/c1-11(2)7-18(21)24-19(3,4)16-9-13-8-12-5-6-17(20)23-14(12)10-15(13)22-16/h5-8,10,16H,9H2,1-4H3/t16-/m0/s1. The molecule has 0 radical (unpaired) electrons. The van der Waals surface area contributed by atoms with Crippen molar-refractivity contribution in [2.45, 2.75) is 45.8 Å². The second-order valence-electron chi connectivity index (χ2n) is 6.81. The number of esters is 1. The molecule has 1 aliphatic rings. The molecule has 0 saturated carbocycles. The van der Waals surface area contributed by atoms with Crippen molar-refractivity contribution in [3.8, 4) is 5.75 Å². The summed E-state index contributed by atoms with van der Waals surface area (Å²) in [6.07, 6.45) is 1.79. The Kier molecular flexibility index (Phi) is 3.95. The van der Waals surface area contributed by atoms with E-state index in [1.807, 2.05) is 33.8 Å². The molecule has 1 aliphatic heterocycles. The number of allylic oxidation sites excluding steroid dienone is 1. The molecule has 5 nitrogen and oxygen atoms in total. The van der Waals surface area contributed by atoms with Crippen LogP contribution in [0.3, 0.4) is 0 Å². The van der Waals surface area contributed by atoms with Crippen LogP contribution in [-0.4, -0.2) is 17.7 Å². The van der Waals surface area contributed by atoms with Crippen LogP contribution in [0.5, 0.6) is 5.75 Å². The molecule has 0 unspecified atom stereocenters. The number of fused-ring (bicyclic) bond motifs is 2. The van der Waals surface area contributed by atoms with Gasteiger partial charge in [-0.1, -0.05) is 5.57 Å². The summed E-state index contributed by atoms with van der Waals surface area (Å²) in [5.74, 6) is 0.281. The lowest BCUT2D eigenvalue weighted by atomic mass is 9.96. The molecule has 3 rings (SSSR count). The normalized spacial score (nSPS) is 16.4. The number of carbonyl (C=O) groups is 1. The second kappa shape index (κ2) is 5.82. The molecule has 0 aliphatic carbocycles. The van der Waals surface area contributed by atoms with Gasteiger partial charge >= 0.3 is 11.6 Å². The van der Waals surface area contributed by atoms with Crippen molar-refractivity contribution in [3.63, 3.8) is 0 Å². The first-order valence-electron chi connectivity index (χ1n) is 7.86. The Morgan fingerprint density at radius 1 is 1.29 bits per heavy atom. The van der Waals surface area contributed by atoms with Crippen molar-refractivity contribution < 1.29 is 18.7 Å². The zero-order valence-electron chi connectivity index (χ0n) is 14.2. The first kappa shape index (κ1) is 16.3. The molecule has 0 spiro atoms. The van der Waals surface area contributed by atoms with Crippen LogP contribution in [0.25, 0.3) is 11.0 Å². The van der Waals surface area contributed by atoms with Gasteiger partial charge in [-0.3, -0.25) is 0 Å². The van der Waals surface area contributed by atoms with Gasteiger partial charge in [0.05, 0.1) is 0 Å². The molecule has 1 aromatic carbocycles. The lowest BCUT2D eigenvalue weighted by molar-refractivity contribution is -0.158. The monoisotopic (exact) mass is 328 g/mol. The summed E-state index contributed by atoms with van der Waals surface area (Å²) < 4.78 is 16.7. The number of carbonyl (C=O) groups excluding carboxylic acids is 1. The number of ether oxygens (including phenoxy) is 2. The molecule has 1 atom stereocenters. The van der Waals surface area contributed by atoms with Crippen molar-refractivity contribution >= 4 is 16.9 Å². The first-order valence-corrected chi connectivity index (χ1v) is 7.86. The predicted molar refractivity (Wildman–Crippen MR) is 90.2 cm³/mol. The van der Waals surface area contributed by atoms with E-state index in [1.165, 1.54) is 12.1 Å². The van der Waals surface area contributed by atoms with Crippen LogP contribution < -0.4 is 10.4 Å². The Morgan fingerprint density at radius 2 is 2.04 bits per heavy atom. The Morgan fingerprint density at radius 3 is 2.75 bits per heavy atom. The zero-order valence-corrected chi connectivity index (χ0v) is 14.2. The summed E-state index contributed by atoms with van der Waals surface area (Å²) >= 11 is 0. The molecule has 126 valence electrons. The average Bonchev–Trinajstić information content (AvgIpc) is 2.86. The van der Waals surface area contributed by atoms with E-state index in [-0.39, 0.29) is 12.1 Å². The first-order chi connectivity index (χ1) is 11.2. The summed E-state index contributed by atoms with van der Waals surface area (Å²) in [7, 11) is 0. The highest BCUT2D eigenvalue weighted by Crippen LogP contribution is 2.37. The average molecular weight is 328 g/mol. The maximum atomic E-state index is 11.9. The van der Waals surface area contributed by atoms with Crippen LogP contribution >= 0.6 is 0 Å². The van der Waals surface area contributed by atoms with Crippen LogP contribution in [0.15, 0.2) is 45.1 Å². The quantitative estimate of drug-likeness (QED) is 0.491. The zero-order chi connectivity index (χ0) is 17.5. The molecule has 2 aromatic rings. The van der Waals surface area contributed by atoms with Crippen LogP contribution in [0.1, 0.15) is 33.3 Å². The minimum atomic E-state index is -0.783. The maximum absolute atomic E-state index is 11.9. The van der Waals surface area contributed by atoms with Gasteiger partial charge in [-0.25, -0.2) is 9.59 Å². The fraction of sp³-hybridized carbons (Fsp3) is 0.368. The highest BCUT2D eigenvalue weighted by atomic mass is 16.6. The molecule has 1 aromatic heterocycles. The van der Waals surface area contributed by atoms with Gasteiger partial charge < -0.3 is 13.9 Å². The smallest absolute Gasteiger partial charge is 0.336 e. The number of hydrogen-bond donors (Lipinski definition) is 0. The fourth-order valence-electron chi connectivity index (χ4n) is 2.79. The van der Waals surface area contributed by atoms with Gasteiger partial charge in [-0.15, -0.1) is 0 Å². The molecular weight excluding hydrogens is 308 g/mol. The third-order valence-corrected chi connectivity index (χ3v) is 4.02. The molecule has 5 heteroatoms. The third kappa shape index (κ3) is 3.20. The summed E-state index contributed by atoms with van der Waals surface area (Å²) in [5, 5.41) is 0.844. The van der Waals surface area contributed by atoms with Crippen LogP contribution in [0, 0.1) is 0 Å². The Balaban J connectivity index is 1.85. The van der Waals surface area contributed by atoms with Crippen molar-refractivity contribution in [1.29, 1.82) is 0 Å². The largest absolute Gasteiger partial charge is 0.485 e. The van der Waals surface area contributed by atoms with Crippen molar-refractivity contribution in [2.24, 2.45) is 0 Å². The van der Waals surface area contributed by atoms with Crippen molar-refractivity contribution in [2.75, 3.05) is 0 Å². The molecule has 2 heterocycles. The van der Waals surface area contributed by atoms with Crippen LogP contribution in [0.4, 0.5) is 0 Å². The summed E-state index contributed by atoms with van der Waals surface area (Å²) in [5.41, 5.74) is 1.20. The van der Waals surface area contributed by atoms with Gasteiger partial charge in [0.2, 0.25) is 0 Å². The number of rotatable bonds is 3. The van der Waals surface area contributed by atoms with E-state index in [0.29, 0.717) is 17.8 Å². The second-order valence-corrected chi connectivity index (χ2v) is 6.81. The highest BCUT2D eigenvalue weighted by molar-refractivity contribution is 5.83. The Labute approximate surface area is 139 Å². The van der Waals surface area contributed by atoms with E-state index in [0.717, 1.165) is 16.5 Å². The van der Waals surface area contributed by atoms with Gasteiger partial charge in [0.15, 0.2) is 0 Å². The van der Waals surface area contributed by atoms with Crippen molar-refractivity contribution in [1.82, 2.24) is 0 Å². The topological polar surface area (TPSA) is 65.7 Å². The Bertz CT molecular complexity index is 884. The van der Waals surface area contributed by atoms with E-state index in [1.54, 1.807) is 12.1 Å². The highest BCUT2D eigenvalue weighted by Gasteiger charge is 2.39. The van der Waals surface area contributed by atoms with Gasteiger partial charge in [-0.2, -0.15) is 0 Å². The summed E-state index contributed by atoms with van der Waals surface area (Å²) in [4.78, 5) is 23.3. The SMILES string of the molecule is CC(C)=CC(=O)OC(C)(C)[C@@H]1Cc2cc3ccc(=O)oc3cc2O1. The fourth-order valence-corrected chi connectivity index (χ4v) is 2.79. The molecule has 0 fully saturated rings. The van der Waals surface area contributed by atoms with Crippen molar-refractivity contribution in [3.05, 3.63) is 51.9 Å². The van der Waals surface area contributed by atoms with Gasteiger partial charge in [0.1, 0.15) is 23.0 Å². The molecule has 0 N–H and O–H groups in total. The molecule has 24 heavy (non-hydrogen) atoms. The molecule has 0 amide bonds. The number of benzene rings is 1. The predicted octanol–water partition coefficient (Wildman–Crippen LogP) is 3.38. The van der Waals surface area contributed by atoms with Crippen LogP contribution in [0.2, 0.25) is 0 Å². The lowest BCUT2D eigenvalue weighted by Crippen LogP contribution is -2.43. The van der Waals surface area contributed by atoms with E-state index in [9.17, 15) is 9.59 Å². The minimum absolute atomic E-state index is 0.300. The van der Waals surface area contributed by atoms with Gasteiger partial charge in [-0.05, 0) is 45.4 Å². The number of hydrogen-bond acceptors (Lipinski definition) is 5. The summed E-state index contributed by atoms with van der Waals surface area (Å²) in [6.45, 7) is 7.35. The minimum Gasteiger partial charge on any atom is -0.485 e. The molecule has 0 bridgehead atoms. The Hall–Kier alpha value is -2.56. The van der Waals surface area contributed by atoms with E-state index in [4.69, 9.17) is 13.9 Å². The van der Waals surface area contributed by atoms with Gasteiger partial charge in [0.25, 0.3) is 0 Å². The third-order valence-electron chi connectivity index (χ3n) is 4.02. The van der Waals surface area contributed by atoms with E-state index in [2.05, 4.69) is 0 Å². The van der Waals surface area contributed by atoms with E-state index >= 15 is 0 Å². The maximum Gasteiger partial charge on any atom is 0.336 e. The summed E-state index contributed by atoms with van der Waals surface area (Å²) in [6, 6.07) is 6.80. The molecular formula is C19H20O5. The van der Waals surface area contributed by atoms with Gasteiger partial charge in [0, 0.05) is 30.0 Å². The van der Waals surface area contributed by atoms with Crippen LogP contribution in [-0.2, 0) is 16.0 Å². The van der Waals surface area contributed by atoms with E-state index < -0.39 is 11.2 Å².